The number of halogens is 6. The van der Waals surface area contributed by atoms with Crippen LogP contribution in [0.3, 0.4) is 0 Å². The topological polar surface area (TPSA) is 50.4 Å². The quantitative estimate of drug-likeness (QED) is 0.350. The summed E-state index contributed by atoms with van der Waals surface area (Å²) in [5.74, 6) is 0.159. The Morgan fingerprint density at radius 2 is 1.63 bits per heavy atom. The van der Waals surface area contributed by atoms with E-state index in [1.165, 1.54) is 19.6 Å². The van der Waals surface area contributed by atoms with E-state index in [-0.39, 0.29) is 29.6 Å². The lowest BCUT2D eigenvalue weighted by atomic mass is 10.0. The van der Waals surface area contributed by atoms with Crippen molar-refractivity contribution >= 4 is 5.91 Å². The first kappa shape index (κ1) is 28.4. The minimum Gasteiger partial charge on any atom is -0.377 e. The van der Waals surface area contributed by atoms with Gasteiger partial charge in [-0.3, -0.25) is 4.79 Å². The standard InChI is InChI=1S/C14H18N2O.C11H10F6O/c1-2-13(11-6-4-3-5-7-11)15-10-12-8-9-14(17)16-12;1-6(18-2)7-3-8(10(12,13)14)5-9(4-7)11(15,16)17/h2-7,12-13,15H,1,8-10H2,(H,16,17);3-6H,1-2H3. The highest BCUT2D eigenvalue weighted by molar-refractivity contribution is 5.78. The van der Waals surface area contributed by atoms with E-state index in [1.54, 1.807) is 0 Å². The van der Waals surface area contributed by atoms with Crippen molar-refractivity contribution in [1.82, 2.24) is 10.6 Å². The third kappa shape index (κ3) is 8.70. The highest BCUT2D eigenvalue weighted by atomic mass is 19.4. The molecule has 0 bridgehead atoms. The summed E-state index contributed by atoms with van der Waals surface area (Å²) >= 11 is 0. The predicted octanol–water partition coefficient (Wildman–Crippen LogP) is 6.21. The van der Waals surface area contributed by atoms with Crippen LogP contribution in [0.25, 0.3) is 0 Å². The number of amides is 1. The molecule has 0 radical (unpaired) electrons. The van der Waals surface area contributed by atoms with Crippen molar-refractivity contribution in [2.24, 2.45) is 0 Å². The fourth-order valence-electron chi connectivity index (χ4n) is 3.45. The molecule has 0 spiro atoms. The first-order valence-electron chi connectivity index (χ1n) is 10.9. The van der Waals surface area contributed by atoms with Crippen LogP contribution in [0.2, 0.25) is 0 Å². The Hall–Kier alpha value is -2.85. The third-order valence-corrected chi connectivity index (χ3v) is 5.50. The average molecular weight is 502 g/mol. The molecule has 1 heterocycles. The molecule has 1 aliphatic heterocycles. The van der Waals surface area contributed by atoms with Crippen molar-refractivity contribution in [2.45, 2.75) is 50.3 Å². The maximum absolute atomic E-state index is 12.5. The number of carbonyl (C=O) groups is 1. The highest BCUT2D eigenvalue weighted by Crippen LogP contribution is 2.37. The van der Waals surface area contributed by atoms with Crippen LogP contribution >= 0.6 is 0 Å². The Balaban J connectivity index is 0.000000247. The van der Waals surface area contributed by atoms with Crippen LogP contribution in [0.15, 0.2) is 61.2 Å². The SMILES string of the molecule is C=CC(NCC1CCC(=O)N1)c1ccccc1.COC(C)c1cc(C(F)(F)F)cc(C(F)(F)F)c1. The minimum atomic E-state index is -4.83. The van der Waals surface area contributed by atoms with E-state index in [1.807, 2.05) is 24.3 Å². The molecule has 3 rings (SSSR count). The number of methoxy groups -OCH3 is 1. The Morgan fingerprint density at radius 1 is 1.06 bits per heavy atom. The molecule has 3 atom stereocenters. The van der Waals surface area contributed by atoms with E-state index < -0.39 is 29.6 Å². The molecule has 1 saturated heterocycles. The van der Waals surface area contributed by atoms with Gasteiger partial charge in [0.15, 0.2) is 0 Å². The van der Waals surface area contributed by atoms with Gasteiger partial charge in [-0.15, -0.1) is 6.58 Å². The number of hydrogen-bond donors (Lipinski definition) is 2. The number of nitrogens with one attached hydrogen (secondary N) is 2. The molecule has 192 valence electrons. The molecular weight excluding hydrogens is 474 g/mol. The summed E-state index contributed by atoms with van der Waals surface area (Å²) in [6.07, 6.45) is -7.05. The number of ether oxygens (including phenoxy) is 1. The van der Waals surface area contributed by atoms with Gasteiger partial charge in [-0.25, -0.2) is 0 Å². The van der Waals surface area contributed by atoms with Gasteiger partial charge in [0, 0.05) is 26.1 Å². The Bertz CT molecular complexity index is 944. The zero-order chi connectivity index (χ0) is 26.2. The monoisotopic (exact) mass is 502 g/mol. The zero-order valence-corrected chi connectivity index (χ0v) is 19.3. The minimum absolute atomic E-state index is 0.0892. The molecule has 2 aromatic carbocycles. The second kappa shape index (κ2) is 12.2. The first-order chi connectivity index (χ1) is 16.3. The molecule has 0 aliphatic carbocycles. The maximum atomic E-state index is 12.5. The van der Waals surface area contributed by atoms with Gasteiger partial charge >= 0.3 is 12.4 Å². The summed E-state index contributed by atoms with van der Waals surface area (Å²) < 4.78 is 79.7. The largest absolute Gasteiger partial charge is 0.416 e. The number of hydrogen-bond acceptors (Lipinski definition) is 3. The lowest BCUT2D eigenvalue weighted by molar-refractivity contribution is -0.143. The second-order valence-electron chi connectivity index (χ2n) is 8.05. The smallest absolute Gasteiger partial charge is 0.377 e. The van der Waals surface area contributed by atoms with Crippen molar-refractivity contribution in [2.75, 3.05) is 13.7 Å². The molecule has 4 nitrogen and oxygen atoms in total. The molecule has 2 N–H and O–H groups in total. The number of carbonyl (C=O) groups excluding carboxylic acids is 1. The van der Waals surface area contributed by atoms with Crippen molar-refractivity contribution in [3.05, 3.63) is 83.4 Å². The van der Waals surface area contributed by atoms with E-state index in [9.17, 15) is 31.1 Å². The van der Waals surface area contributed by atoms with Gasteiger partial charge in [0.2, 0.25) is 5.91 Å². The molecule has 35 heavy (non-hydrogen) atoms. The summed E-state index contributed by atoms with van der Waals surface area (Å²) in [5, 5.41) is 6.36. The Morgan fingerprint density at radius 3 is 2.06 bits per heavy atom. The van der Waals surface area contributed by atoms with Crippen LogP contribution in [0.5, 0.6) is 0 Å². The molecule has 3 unspecified atom stereocenters. The third-order valence-electron chi connectivity index (χ3n) is 5.50. The summed E-state index contributed by atoms with van der Waals surface area (Å²) in [7, 11) is 1.21. The van der Waals surface area contributed by atoms with Gasteiger partial charge in [0.25, 0.3) is 0 Å². The highest BCUT2D eigenvalue weighted by Gasteiger charge is 2.37. The van der Waals surface area contributed by atoms with Crippen molar-refractivity contribution in [1.29, 1.82) is 0 Å². The number of benzene rings is 2. The van der Waals surface area contributed by atoms with Crippen LogP contribution in [-0.2, 0) is 21.9 Å². The number of alkyl halides is 6. The molecule has 0 saturated carbocycles. The van der Waals surface area contributed by atoms with Crippen LogP contribution in [-0.4, -0.2) is 25.6 Å². The summed E-state index contributed by atoms with van der Waals surface area (Å²) in [5.41, 5.74) is -1.64. The van der Waals surface area contributed by atoms with Gasteiger partial charge in [-0.05, 0) is 42.7 Å². The van der Waals surface area contributed by atoms with Crippen LogP contribution in [0.1, 0.15) is 54.2 Å². The summed E-state index contributed by atoms with van der Waals surface area (Å²) in [6, 6.07) is 12.0. The van der Waals surface area contributed by atoms with E-state index in [4.69, 9.17) is 4.74 Å². The molecular formula is C25H28F6N2O2. The fourth-order valence-corrected chi connectivity index (χ4v) is 3.45. The predicted molar refractivity (Wildman–Crippen MR) is 120 cm³/mol. The summed E-state index contributed by atoms with van der Waals surface area (Å²) in [4.78, 5) is 11.1. The number of rotatable bonds is 7. The zero-order valence-electron chi connectivity index (χ0n) is 19.3. The normalized spacial score (nSPS) is 17.7. The molecule has 2 aromatic rings. The lowest BCUT2D eigenvalue weighted by Crippen LogP contribution is -2.36. The Kier molecular flexibility index (Phi) is 9.91. The Labute approximate surface area is 200 Å². The van der Waals surface area contributed by atoms with E-state index in [0.717, 1.165) is 13.0 Å². The van der Waals surface area contributed by atoms with E-state index >= 15 is 0 Å². The molecule has 1 amide bonds. The van der Waals surface area contributed by atoms with E-state index in [0.29, 0.717) is 18.6 Å². The first-order valence-corrected chi connectivity index (χ1v) is 10.9. The van der Waals surface area contributed by atoms with Crippen LogP contribution < -0.4 is 10.6 Å². The molecule has 1 fully saturated rings. The van der Waals surface area contributed by atoms with Gasteiger partial charge in [0.1, 0.15) is 0 Å². The van der Waals surface area contributed by atoms with Gasteiger partial charge < -0.3 is 15.4 Å². The van der Waals surface area contributed by atoms with Crippen molar-refractivity contribution in [3.8, 4) is 0 Å². The maximum Gasteiger partial charge on any atom is 0.416 e. The van der Waals surface area contributed by atoms with Gasteiger partial charge in [-0.1, -0.05) is 36.4 Å². The van der Waals surface area contributed by atoms with Crippen LogP contribution in [0, 0.1) is 0 Å². The average Bonchev–Trinajstić information content (AvgIpc) is 3.23. The van der Waals surface area contributed by atoms with Gasteiger partial charge in [0.05, 0.1) is 23.3 Å². The fraction of sp³-hybridized carbons (Fsp3) is 0.400. The van der Waals surface area contributed by atoms with Crippen molar-refractivity contribution < 1.29 is 35.9 Å². The van der Waals surface area contributed by atoms with Crippen LogP contribution in [0.4, 0.5) is 26.3 Å². The molecule has 10 heteroatoms. The summed E-state index contributed by atoms with van der Waals surface area (Å²) in [6.45, 7) is 6.01. The van der Waals surface area contributed by atoms with Crippen molar-refractivity contribution in [3.63, 3.8) is 0 Å². The molecule has 1 aliphatic rings. The van der Waals surface area contributed by atoms with E-state index in [2.05, 4.69) is 29.3 Å². The molecule has 0 aromatic heterocycles. The lowest BCUT2D eigenvalue weighted by Gasteiger charge is -2.18. The van der Waals surface area contributed by atoms with Gasteiger partial charge in [-0.2, -0.15) is 26.3 Å². The second-order valence-corrected chi connectivity index (χ2v) is 8.05.